The second-order valence-electron chi connectivity index (χ2n) is 2.83. The number of alkyl halides is 2. The Morgan fingerprint density at radius 2 is 2.23 bits per heavy atom. The van der Waals surface area contributed by atoms with Crippen LogP contribution in [0.4, 0.5) is 8.78 Å². The molecule has 0 fully saturated rings. The SMILES string of the molecule is CCCC(=O)NC(CF)C(F)CN. The summed E-state index contributed by atoms with van der Waals surface area (Å²) in [4.78, 5) is 10.9. The molecule has 0 aromatic carbocycles. The van der Waals surface area contributed by atoms with Crippen LogP contribution in [0.25, 0.3) is 0 Å². The van der Waals surface area contributed by atoms with E-state index in [4.69, 9.17) is 5.73 Å². The monoisotopic (exact) mass is 194 g/mol. The van der Waals surface area contributed by atoms with Gasteiger partial charge in [-0.3, -0.25) is 4.79 Å². The first-order chi connectivity index (χ1) is 6.15. The molecule has 78 valence electrons. The zero-order valence-corrected chi connectivity index (χ0v) is 7.72. The summed E-state index contributed by atoms with van der Waals surface area (Å²) in [6, 6.07) is -1.09. The van der Waals surface area contributed by atoms with Crippen LogP contribution in [0.2, 0.25) is 0 Å². The fourth-order valence-corrected chi connectivity index (χ4v) is 0.896. The van der Waals surface area contributed by atoms with Gasteiger partial charge in [-0.15, -0.1) is 0 Å². The molecule has 0 aromatic heterocycles. The molecule has 3 nitrogen and oxygen atoms in total. The Bertz CT molecular complexity index is 155. The zero-order chi connectivity index (χ0) is 10.3. The Morgan fingerprint density at radius 1 is 1.62 bits per heavy atom. The Kier molecular flexibility index (Phi) is 6.40. The highest BCUT2D eigenvalue weighted by atomic mass is 19.1. The Hall–Kier alpha value is -0.710. The van der Waals surface area contributed by atoms with Gasteiger partial charge in [0.25, 0.3) is 0 Å². The maximum Gasteiger partial charge on any atom is 0.220 e. The average molecular weight is 194 g/mol. The van der Waals surface area contributed by atoms with E-state index in [-0.39, 0.29) is 18.9 Å². The number of amides is 1. The lowest BCUT2D eigenvalue weighted by atomic mass is 10.2. The average Bonchev–Trinajstić information content (AvgIpc) is 2.13. The van der Waals surface area contributed by atoms with Crippen molar-refractivity contribution in [3.05, 3.63) is 0 Å². The third-order valence-corrected chi connectivity index (χ3v) is 1.65. The first-order valence-electron chi connectivity index (χ1n) is 4.35. The number of hydrogen-bond acceptors (Lipinski definition) is 2. The van der Waals surface area contributed by atoms with Gasteiger partial charge in [-0.2, -0.15) is 0 Å². The summed E-state index contributed by atoms with van der Waals surface area (Å²) in [6.45, 7) is 0.620. The predicted octanol–water partition coefficient (Wildman–Crippen LogP) is 0.538. The van der Waals surface area contributed by atoms with Crippen molar-refractivity contribution in [2.45, 2.75) is 32.0 Å². The highest BCUT2D eigenvalue weighted by Crippen LogP contribution is 1.99. The number of carbonyl (C=O) groups excluding carboxylic acids is 1. The van der Waals surface area contributed by atoms with Gasteiger partial charge in [-0.1, -0.05) is 6.92 Å². The van der Waals surface area contributed by atoms with Gasteiger partial charge in [0.2, 0.25) is 5.91 Å². The predicted molar refractivity (Wildman–Crippen MR) is 46.8 cm³/mol. The van der Waals surface area contributed by atoms with Crippen molar-refractivity contribution >= 4 is 5.91 Å². The van der Waals surface area contributed by atoms with E-state index < -0.39 is 18.9 Å². The summed E-state index contributed by atoms with van der Waals surface area (Å²) < 4.78 is 25.0. The quantitative estimate of drug-likeness (QED) is 0.648. The minimum Gasteiger partial charge on any atom is -0.348 e. The highest BCUT2D eigenvalue weighted by Gasteiger charge is 2.20. The van der Waals surface area contributed by atoms with Gasteiger partial charge in [0.05, 0.1) is 6.04 Å². The minimum atomic E-state index is -1.51. The lowest BCUT2D eigenvalue weighted by Crippen LogP contribution is -2.45. The van der Waals surface area contributed by atoms with Gasteiger partial charge in [0.1, 0.15) is 12.8 Å². The molecule has 0 rings (SSSR count). The third-order valence-electron chi connectivity index (χ3n) is 1.65. The summed E-state index contributed by atoms with van der Waals surface area (Å²) in [7, 11) is 0. The second kappa shape index (κ2) is 6.77. The molecule has 0 aliphatic carbocycles. The van der Waals surface area contributed by atoms with E-state index in [1.807, 2.05) is 6.92 Å². The summed E-state index contributed by atoms with van der Waals surface area (Å²) in [5.41, 5.74) is 5.01. The fraction of sp³-hybridized carbons (Fsp3) is 0.875. The molecular formula is C8H16F2N2O. The standard InChI is InChI=1S/C8H16F2N2O/c1-2-3-8(13)12-7(4-9)6(10)5-11/h6-7H,2-5,11H2,1H3,(H,12,13). The van der Waals surface area contributed by atoms with Crippen molar-refractivity contribution in [1.82, 2.24) is 5.32 Å². The molecule has 2 atom stereocenters. The molecule has 0 aromatic rings. The second-order valence-corrected chi connectivity index (χ2v) is 2.83. The van der Waals surface area contributed by atoms with Gasteiger partial charge in [0, 0.05) is 13.0 Å². The Balaban J connectivity index is 3.89. The van der Waals surface area contributed by atoms with Crippen LogP contribution in [0, 0.1) is 0 Å². The number of nitrogens with two attached hydrogens (primary N) is 1. The number of hydrogen-bond donors (Lipinski definition) is 2. The molecule has 0 bridgehead atoms. The number of nitrogens with one attached hydrogen (secondary N) is 1. The summed E-state index contributed by atoms with van der Waals surface area (Å²) in [5.74, 6) is -0.332. The van der Waals surface area contributed by atoms with E-state index in [0.717, 1.165) is 0 Å². The topological polar surface area (TPSA) is 55.1 Å². The molecule has 0 aliphatic rings. The van der Waals surface area contributed by atoms with Crippen LogP contribution in [0.5, 0.6) is 0 Å². The van der Waals surface area contributed by atoms with Gasteiger partial charge < -0.3 is 11.1 Å². The maximum absolute atomic E-state index is 12.8. The van der Waals surface area contributed by atoms with Crippen LogP contribution in [-0.2, 0) is 4.79 Å². The normalized spacial score (nSPS) is 15.1. The first-order valence-corrected chi connectivity index (χ1v) is 4.35. The molecule has 0 radical (unpaired) electrons. The third kappa shape index (κ3) is 4.77. The van der Waals surface area contributed by atoms with Gasteiger partial charge in [-0.05, 0) is 6.42 Å². The minimum absolute atomic E-state index is 0.277. The zero-order valence-electron chi connectivity index (χ0n) is 7.72. The Morgan fingerprint density at radius 3 is 2.62 bits per heavy atom. The molecule has 1 amide bonds. The lowest BCUT2D eigenvalue weighted by molar-refractivity contribution is -0.122. The molecule has 0 spiro atoms. The molecule has 0 saturated heterocycles. The van der Waals surface area contributed by atoms with Gasteiger partial charge in [0.15, 0.2) is 0 Å². The van der Waals surface area contributed by atoms with Crippen LogP contribution in [0.1, 0.15) is 19.8 Å². The van der Waals surface area contributed by atoms with Crippen molar-refractivity contribution in [3.8, 4) is 0 Å². The van der Waals surface area contributed by atoms with Crippen molar-refractivity contribution in [2.75, 3.05) is 13.2 Å². The van der Waals surface area contributed by atoms with Crippen molar-refractivity contribution in [1.29, 1.82) is 0 Å². The maximum atomic E-state index is 12.8. The largest absolute Gasteiger partial charge is 0.348 e. The van der Waals surface area contributed by atoms with E-state index >= 15 is 0 Å². The van der Waals surface area contributed by atoms with Crippen LogP contribution < -0.4 is 11.1 Å². The van der Waals surface area contributed by atoms with E-state index in [1.165, 1.54) is 0 Å². The molecule has 0 aliphatic heterocycles. The van der Waals surface area contributed by atoms with Crippen LogP contribution >= 0.6 is 0 Å². The highest BCUT2D eigenvalue weighted by molar-refractivity contribution is 5.76. The van der Waals surface area contributed by atoms with Crippen molar-refractivity contribution in [2.24, 2.45) is 5.73 Å². The fourth-order valence-electron chi connectivity index (χ4n) is 0.896. The van der Waals surface area contributed by atoms with E-state index in [2.05, 4.69) is 5.32 Å². The number of carbonyl (C=O) groups is 1. The Labute approximate surface area is 76.7 Å². The molecule has 0 saturated carbocycles. The summed E-state index contributed by atoms with van der Waals surface area (Å²) >= 11 is 0. The molecule has 0 heterocycles. The molecule has 5 heteroatoms. The molecule has 2 unspecified atom stereocenters. The molecule has 13 heavy (non-hydrogen) atoms. The van der Waals surface area contributed by atoms with Crippen molar-refractivity contribution < 1.29 is 13.6 Å². The summed E-state index contributed by atoms with van der Waals surface area (Å²) in [5, 5.41) is 2.25. The molecule has 3 N–H and O–H groups in total. The number of halogens is 2. The van der Waals surface area contributed by atoms with Gasteiger partial charge in [-0.25, -0.2) is 8.78 Å². The van der Waals surface area contributed by atoms with Crippen LogP contribution in [0.15, 0.2) is 0 Å². The van der Waals surface area contributed by atoms with Crippen LogP contribution in [0.3, 0.4) is 0 Å². The summed E-state index contributed by atoms with van der Waals surface area (Å²) in [6.07, 6.45) is -0.566. The van der Waals surface area contributed by atoms with E-state index in [9.17, 15) is 13.6 Å². The van der Waals surface area contributed by atoms with Crippen molar-refractivity contribution in [3.63, 3.8) is 0 Å². The van der Waals surface area contributed by atoms with Crippen LogP contribution in [-0.4, -0.2) is 31.3 Å². The molecular weight excluding hydrogens is 178 g/mol. The van der Waals surface area contributed by atoms with E-state index in [1.54, 1.807) is 0 Å². The number of rotatable bonds is 6. The first kappa shape index (κ1) is 12.3. The smallest absolute Gasteiger partial charge is 0.220 e. The van der Waals surface area contributed by atoms with E-state index in [0.29, 0.717) is 6.42 Å². The lowest BCUT2D eigenvalue weighted by Gasteiger charge is -2.17. The van der Waals surface area contributed by atoms with Gasteiger partial charge >= 0.3 is 0 Å².